The maximum atomic E-state index is 14.7. The number of halogens is 6. The molecule has 3 nitrogen and oxygen atoms in total. The highest BCUT2D eigenvalue weighted by Crippen LogP contribution is 2.47. The summed E-state index contributed by atoms with van der Waals surface area (Å²) in [6.45, 7) is 8.18. The van der Waals surface area contributed by atoms with Crippen LogP contribution in [0, 0.1) is 39.0 Å². The second kappa shape index (κ2) is 19.7. The predicted octanol–water partition coefficient (Wildman–Crippen LogP) is 21.0. The highest BCUT2D eigenvalue weighted by molar-refractivity contribution is 6.14. The molecule has 0 amide bonds. The Bertz CT molecular complexity index is 4490. The summed E-state index contributed by atoms with van der Waals surface area (Å²) >= 11 is 0. The molecule has 0 radical (unpaired) electrons. The van der Waals surface area contributed by atoms with E-state index in [4.69, 9.17) is 0 Å². The van der Waals surface area contributed by atoms with E-state index in [9.17, 15) is 31.6 Å². The largest absolute Gasteiger partial charge is 0.416 e. The van der Waals surface area contributed by atoms with Gasteiger partial charge in [-0.15, -0.1) is 0 Å². The van der Waals surface area contributed by atoms with E-state index in [0.29, 0.717) is 22.5 Å². The zero-order chi connectivity index (χ0) is 56.8. The van der Waals surface area contributed by atoms with Crippen LogP contribution in [0.25, 0.3) is 122 Å². The number of benzene rings is 11. The fraction of sp³-hybridized carbons (Fsp3) is 0.0822. The van der Waals surface area contributed by atoms with Gasteiger partial charge in [-0.1, -0.05) is 156 Å². The van der Waals surface area contributed by atoms with Crippen molar-refractivity contribution in [3.05, 3.63) is 263 Å². The summed E-state index contributed by atoms with van der Waals surface area (Å²) in [4.78, 5) is 0. The number of fused-ring (bicyclic) bond motifs is 6. The van der Waals surface area contributed by atoms with Gasteiger partial charge in [0.05, 0.1) is 56.2 Å². The highest BCUT2D eigenvalue weighted by atomic mass is 19.4. The molecule has 82 heavy (non-hydrogen) atoms. The lowest BCUT2D eigenvalue weighted by molar-refractivity contribution is -0.143. The van der Waals surface area contributed by atoms with Crippen LogP contribution in [0.2, 0.25) is 0 Å². The van der Waals surface area contributed by atoms with E-state index in [1.165, 1.54) is 0 Å². The van der Waals surface area contributed by atoms with E-state index in [2.05, 4.69) is 185 Å². The average molecular weight is 1080 g/mol. The van der Waals surface area contributed by atoms with Gasteiger partial charge in [0.25, 0.3) is 0 Å². The minimum Gasteiger partial charge on any atom is -0.309 e. The molecule has 11 aromatic carbocycles. The molecule has 2 aromatic heterocycles. The summed E-state index contributed by atoms with van der Waals surface area (Å²) in [7, 11) is 0. The fourth-order valence-electron chi connectivity index (χ4n) is 11.6. The third-order valence-corrected chi connectivity index (χ3v) is 15.9. The monoisotopic (exact) mass is 1080 g/mol. The van der Waals surface area contributed by atoms with Crippen LogP contribution in [-0.2, 0) is 12.4 Å². The SMILES string of the molecule is Cc1ccc(-c2ccc3c(c2)c2cc(-c4ccc(C)cc4)ccc2n3-c2ccc(-c3cc(C(F)(F)F)cc(C(F)(F)F)c3)cc2-c2c(C#N)cccc2-n2c3ccc(-c4ccc(C)cc4)cc3c3cc(-c4ccc(C)cc4)ccc32)cc1. The number of nitriles is 1. The normalized spacial score (nSPS) is 12.0. The van der Waals surface area contributed by atoms with Crippen LogP contribution in [-0.4, -0.2) is 9.13 Å². The van der Waals surface area contributed by atoms with Crippen LogP contribution in [0.3, 0.4) is 0 Å². The first-order valence-corrected chi connectivity index (χ1v) is 26.9. The quantitative estimate of drug-likeness (QED) is 0.140. The zero-order valence-electron chi connectivity index (χ0n) is 45.0. The van der Waals surface area contributed by atoms with Crippen LogP contribution in [0.1, 0.15) is 38.9 Å². The van der Waals surface area contributed by atoms with Crippen LogP contribution in [0.15, 0.2) is 224 Å². The molecule has 0 aliphatic rings. The number of hydrogen-bond acceptors (Lipinski definition) is 1. The van der Waals surface area contributed by atoms with Crippen molar-refractivity contribution in [3.8, 4) is 84.2 Å². The van der Waals surface area contributed by atoms with Gasteiger partial charge in [0, 0.05) is 32.7 Å². The molecular weight excluding hydrogens is 1030 g/mol. The maximum Gasteiger partial charge on any atom is 0.416 e. The summed E-state index contributed by atoms with van der Waals surface area (Å²) in [6, 6.07) is 73.1. The van der Waals surface area contributed by atoms with Gasteiger partial charge >= 0.3 is 12.4 Å². The average Bonchev–Trinajstić information content (AvgIpc) is 3.95. The molecule has 0 atom stereocenters. The second-order valence-electron chi connectivity index (χ2n) is 21.4. The number of hydrogen-bond donors (Lipinski definition) is 0. The molecule has 0 saturated heterocycles. The topological polar surface area (TPSA) is 33.6 Å². The third kappa shape index (κ3) is 9.16. The van der Waals surface area contributed by atoms with Gasteiger partial charge < -0.3 is 9.13 Å². The van der Waals surface area contributed by atoms with E-state index in [-0.39, 0.29) is 22.8 Å². The Morgan fingerprint density at radius 3 is 0.976 bits per heavy atom. The molecule has 0 fully saturated rings. The third-order valence-electron chi connectivity index (χ3n) is 15.9. The highest BCUT2D eigenvalue weighted by Gasteiger charge is 2.37. The number of rotatable bonds is 8. The first-order chi connectivity index (χ1) is 39.5. The van der Waals surface area contributed by atoms with E-state index in [0.717, 1.165) is 123 Å². The van der Waals surface area contributed by atoms with Gasteiger partial charge in [-0.3, -0.25) is 0 Å². The number of alkyl halides is 6. The number of aryl methyl sites for hydroxylation is 4. The Morgan fingerprint density at radius 2 is 0.634 bits per heavy atom. The van der Waals surface area contributed by atoms with Gasteiger partial charge in [0.1, 0.15) is 0 Å². The van der Waals surface area contributed by atoms with Crippen LogP contribution in [0.5, 0.6) is 0 Å². The molecule has 0 N–H and O–H groups in total. The molecule has 0 spiro atoms. The maximum absolute atomic E-state index is 14.7. The molecule has 0 saturated carbocycles. The Morgan fingerprint density at radius 1 is 0.317 bits per heavy atom. The number of nitrogens with zero attached hydrogens (tertiary/aromatic N) is 3. The molecule has 13 rings (SSSR count). The standard InChI is InChI=1S/C73H49F6N3/c1-43-8-16-47(17-9-43)51-24-29-65-60(36-51)61-37-52(48-18-10-44(2)11-19-48)25-30-66(61)81(65)69-33-28-55(57-34-58(72(74,75)76)41-59(35-57)73(77,78)79)40-64(69)71-56(42-80)6-5-7-70(71)82-67-31-26-53(49-20-12-45(3)13-21-49)38-62(67)63-39-54(27-32-68(63)82)50-22-14-46(4)15-23-50/h5-41H,1-4H3. The molecule has 0 unspecified atom stereocenters. The smallest absolute Gasteiger partial charge is 0.309 e. The van der Waals surface area contributed by atoms with Crippen molar-refractivity contribution in [1.29, 1.82) is 5.26 Å². The molecule has 398 valence electrons. The van der Waals surface area contributed by atoms with Crippen molar-refractivity contribution in [2.75, 3.05) is 0 Å². The molecule has 9 heteroatoms. The fourth-order valence-corrected chi connectivity index (χ4v) is 11.6. The Balaban J connectivity index is 1.13. The predicted molar refractivity (Wildman–Crippen MR) is 321 cm³/mol. The van der Waals surface area contributed by atoms with E-state index < -0.39 is 23.5 Å². The Labute approximate surface area is 469 Å². The minimum absolute atomic E-state index is 0.0887. The van der Waals surface area contributed by atoms with E-state index in [1.807, 2.05) is 39.8 Å². The zero-order valence-corrected chi connectivity index (χ0v) is 45.0. The van der Waals surface area contributed by atoms with Gasteiger partial charge in [0.15, 0.2) is 0 Å². The molecule has 0 bridgehead atoms. The van der Waals surface area contributed by atoms with Crippen LogP contribution >= 0.6 is 0 Å². The molecule has 2 heterocycles. The first kappa shape index (κ1) is 51.5. The number of aromatic nitrogens is 2. The van der Waals surface area contributed by atoms with Crippen molar-refractivity contribution in [2.45, 2.75) is 40.0 Å². The van der Waals surface area contributed by atoms with E-state index >= 15 is 0 Å². The van der Waals surface area contributed by atoms with Crippen LogP contribution in [0.4, 0.5) is 26.3 Å². The Kier molecular flexibility index (Phi) is 12.4. The Hall–Kier alpha value is -9.91. The lowest BCUT2D eigenvalue weighted by atomic mass is 9.91. The summed E-state index contributed by atoms with van der Waals surface area (Å²) in [5.41, 5.74) is 14.9. The molecule has 13 aromatic rings. The summed E-state index contributed by atoms with van der Waals surface area (Å²) in [6.07, 6.45) is -10.2. The van der Waals surface area contributed by atoms with E-state index in [1.54, 1.807) is 24.3 Å². The van der Waals surface area contributed by atoms with Gasteiger partial charge in [-0.2, -0.15) is 31.6 Å². The van der Waals surface area contributed by atoms with Crippen molar-refractivity contribution < 1.29 is 26.3 Å². The van der Waals surface area contributed by atoms with Gasteiger partial charge in [-0.05, 0) is 174 Å². The lowest BCUT2D eigenvalue weighted by Crippen LogP contribution is -2.11. The summed E-state index contributed by atoms with van der Waals surface area (Å²) in [5, 5.41) is 15.1. The lowest BCUT2D eigenvalue weighted by Gasteiger charge is -2.21. The van der Waals surface area contributed by atoms with Crippen LogP contribution < -0.4 is 0 Å². The minimum atomic E-state index is -5.09. The summed E-state index contributed by atoms with van der Waals surface area (Å²) in [5.74, 6) is 0. The van der Waals surface area contributed by atoms with Crippen molar-refractivity contribution >= 4 is 43.6 Å². The molecule has 0 aliphatic carbocycles. The molecular formula is C73H49F6N3. The van der Waals surface area contributed by atoms with Crippen molar-refractivity contribution in [3.63, 3.8) is 0 Å². The summed E-state index contributed by atoms with van der Waals surface area (Å²) < 4.78 is 92.3. The van der Waals surface area contributed by atoms with Gasteiger partial charge in [-0.25, -0.2) is 0 Å². The first-order valence-electron chi connectivity index (χ1n) is 26.9. The van der Waals surface area contributed by atoms with Gasteiger partial charge in [0.2, 0.25) is 0 Å². The molecule has 0 aliphatic heterocycles. The van der Waals surface area contributed by atoms with Crippen molar-refractivity contribution in [1.82, 2.24) is 9.13 Å². The second-order valence-corrected chi connectivity index (χ2v) is 21.4. The van der Waals surface area contributed by atoms with Crippen molar-refractivity contribution in [2.24, 2.45) is 0 Å².